The first kappa shape index (κ1) is 15.1. The molecule has 1 heterocycles. The zero-order valence-electron chi connectivity index (χ0n) is 10.7. The van der Waals surface area contributed by atoms with E-state index in [4.69, 9.17) is 4.74 Å². The minimum atomic E-state index is -2.44. The minimum Gasteiger partial charge on any atom is -0.375 e. The van der Waals surface area contributed by atoms with E-state index < -0.39 is 13.0 Å². The lowest BCUT2D eigenvalue weighted by Gasteiger charge is -2.09. The highest BCUT2D eigenvalue weighted by Gasteiger charge is 2.13. The molecule has 0 aliphatic heterocycles. The van der Waals surface area contributed by atoms with Crippen LogP contribution in [0.4, 0.5) is 8.78 Å². The molecule has 0 unspecified atom stereocenters. The summed E-state index contributed by atoms with van der Waals surface area (Å²) in [6, 6.07) is 9.65. The Balaban J connectivity index is 2.12. The number of halogens is 3. The summed E-state index contributed by atoms with van der Waals surface area (Å²) in [6.45, 7) is -0.359. The fraction of sp³-hybridized carbons (Fsp3) is 0.385. The zero-order valence-corrected chi connectivity index (χ0v) is 12.3. The summed E-state index contributed by atoms with van der Waals surface area (Å²) in [6.07, 6.45) is -2.01. The van der Waals surface area contributed by atoms with Crippen molar-refractivity contribution < 1.29 is 13.5 Å². The topological polar surface area (TPSA) is 39.9 Å². The maximum atomic E-state index is 12.0. The van der Waals surface area contributed by atoms with Gasteiger partial charge in [-0.3, -0.25) is 4.57 Å². The number of rotatable bonds is 7. The molecule has 4 nitrogen and oxygen atoms in total. The van der Waals surface area contributed by atoms with Gasteiger partial charge in [0, 0.05) is 12.1 Å². The van der Waals surface area contributed by atoms with Crippen molar-refractivity contribution in [3.05, 3.63) is 42.0 Å². The van der Waals surface area contributed by atoms with E-state index in [0.717, 1.165) is 11.5 Å². The lowest BCUT2D eigenvalue weighted by atomic mass is 10.3. The molecule has 0 N–H and O–H groups in total. The third kappa shape index (κ3) is 3.83. The molecule has 0 aliphatic rings. The summed E-state index contributed by atoms with van der Waals surface area (Å²) in [7, 11) is 0. The van der Waals surface area contributed by atoms with Crippen molar-refractivity contribution in [3.63, 3.8) is 0 Å². The van der Waals surface area contributed by atoms with Gasteiger partial charge in [-0.15, -0.1) is 10.2 Å². The van der Waals surface area contributed by atoms with Gasteiger partial charge in [-0.25, -0.2) is 8.78 Å². The van der Waals surface area contributed by atoms with E-state index in [0.29, 0.717) is 17.6 Å². The summed E-state index contributed by atoms with van der Waals surface area (Å²) < 4.78 is 30.8. The van der Waals surface area contributed by atoms with Gasteiger partial charge in [0.1, 0.15) is 18.3 Å². The molecule has 0 bridgehead atoms. The molecule has 108 valence electrons. The summed E-state index contributed by atoms with van der Waals surface area (Å²) in [5.74, 6) is 1.46. The van der Waals surface area contributed by atoms with Crippen LogP contribution in [0.25, 0.3) is 5.69 Å². The van der Waals surface area contributed by atoms with Crippen LogP contribution in [0.1, 0.15) is 11.6 Å². The van der Waals surface area contributed by atoms with E-state index in [1.54, 1.807) is 0 Å². The summed E-state index contributed by atoms with van der Waals surface area (Å²) >= 11 is 3.37. The number of benzene rings is 1. The Bertz CT molecular complexity index is 534. The average Bonchev–Trinajstić information content (AvgIpc) is 2.87. The van der Waals surface area contributed by atoms with Crippen molar-refractivity contribution >= 4 is 15.9 Å². The molecule has 2 aromatic rings. The molecular formula is C13H14BrF2N3O. The average molecular weight is 346 g/mol. The van der Waals surface area contributed by atoms with Crippen LogP contribution in [0, 0.1) is 0 Å². The molecule has 0 atom stereocenters. The molecule has 0 spiro atoms. The SMILES string of the molecule is FC(F)COCCc1nnc(CBr)n1-c1ccccc1. The first-order chi connectivity index (χ1) is 9.72. The largest absolute Gasteiger partial charge is 0.375 e. The van der Waals surface area contributed by atoms with Crippen molar-refractivity contribution in [1.29, 1.82) is 0 Å². The Labute approximate surface area is 123 Å². The minimum absolute atomic E-state index is 0.192. The van der Waals surface area contributed by atoms with Gasteiger partial charge >= 0.3 is 0 Å². The van der Waals surface area contributed by atoms with Crippen molar-refractivity contribution in [3.8, 4) is 5.69 Å². The van der Waals surface area contributed by atoms with E-state index in [1.165, 1.54) is 0 Å². The van der Waals surface area contributed by atoms with Gasteiger partial charge in [0.05, 0.1) is 11.9 Å². The van der Waals surface area contributed by atoms with Crippen LogP contribution in [-0.4, -0.2) is 34.4 Å². The fourth-order valence-corrected chi connectivity index (χ4v) is 2.18. The molecule has 0 saturated carbocycles. The number of ether oxygens (including phenoxy) is 1. The van der Waals surface area contributed by atoms with Crippen molar-refractivity contribution in [1.82, 2.24) is 14.8 Å². The van der Waals surface area contributed by atoms with Gasteiger partial charge in [-0.2, -0.15) is 0 Å². The first-order valence-corrected chi connectivity index (χ1v) is 7.25. The van der Waals surface area contributed by atoms with Gasteiger partial charge < -0.3 is 4.74 Å². The van der Waals surface area contributed by atoms with E-state index in [9.17, 15) is 8.78 Å². The fourth-order valence-electron chi connectivity index (χ4n) is 1.81. The molecule has 0 aliphatic carbocycles. The lowest BCUT2D eigenvalue weighted by molar-refractivity contribution is 0.0182. The van der Waals surface area contributed by atoms with Crippen molar-refractivity contribution in [2.75, 3.05) is 13.2 Å². The van der Waals surface area contributed by atoms with Gasteiger partial charge in [0.2, 0.25) is 0 Å². The Kier molecular flexibility index (Phi) is 5.60. The van der Waals surface area contributed by atoms with Crippen LogP contribution in [0.2, 0.25) is 0 Å². The second-order valence-electron chi connectivity index (χ2n) is 4.05. The molecule has 0 fully saturated rings. The Morgan fingerprint density at radius 1 is 1.15 bits per heavy atom. The zero-order chi connectivity index (χ0) is 14.4. The molecular weight excluding hydrogens is 332 g/mol. The van der Waals surface area contributed by atoms with E-state index in [-0.39, 0.29) is 6.61 Å². The van der Waals surface area contributed by atoms with Crippen LogP contribution >= 0.6 is 15.9 Å². The standard InChI is InChI=1S/C13H14BrF2N3O/c14-8-13-18-17-12(6-7-20-9-11(15)16)19(13)10-4-2-1-3-5-10/h1-5,11H,6-9H2. The number of alkyl halides is 3. The first-order valence-electron chi connectivity index (χ1n) is 6.13. The molecule has 1 aromatic heterocycles. The normalized spacial score (nSPS) is 11.2. The molecule has 0 saturated heterocycles. The molecule has 1 aromatic carbocycles. The third-order valence-electron chi connectivity index (χ3n) is 2.64. The van der Waals surface area contributed by atoms with Gasteiger partial charge in [-0.1, -0.05) is 34.1 Å². The Hall–Kier alpha value is -1.34. The predicted molar refractivity (Wildman–Crippen MR) is 74.5 cm³/mol. The predicted octanol–water partition coefficient (Wildman–Crippen LogP) is 2.99. The maximum Gasteiger partial charge on any atom is 0.261 e. The molecule has 7 heteroatoms. The highest BCUT2D eigenvalue weighted by molar-refractivity contribution is 9.08. The summed E-state index contributed by atoms with van der Waals surface area (Å²) in [4.78, 5) is 0. The number of aromatic nitrogens is 3. The van der Waals surface area contributed by atoms with Crippen LogP contribution < -0.4 is 0 Å². The molecule has 2 rings (SSSR count). The molecule has 0 radical (unpaired) electrons. The summed E-state index contributed by atoms with van der Waals surface area (Å²) in [5.41, 5.74) is 0.941. The highest BCUT2D eigenvalue weighted by atomic mass is 79.9. The maximum absolute atomic E-state index is 12.0. The molecule has 20 heavy (non-hydrogen) atoms. The molecule has 0 amide bonds. The van der Waals surface area contributed by atoms with E-state index in [1.807, 2.05) is 34.9 Å². The van der Waals surface area contributed by atoms with Crippen LogP contribution in [0.5, 0.6) is 0 Å². The lowest BCUT2D eigenvalue weighted by Crippen LogP contribution is -2.10. The van der Waals surface area contributed by atoms with E-state index >= 15 is 0 Å². The van der Waals surface area contributed by atoms with Crippen LogP contribution in [-0.2, 0) is 16.5 Å². The van der Waals surface area contributed by atoms with Gasteiger partial charge in [0.25, 0.3) is 6.43 Å². The van der Waals surface area contributed by atoms with Crippen LogP contribution in [0.3, 0.4) is 0 Å². The second-order valence-corrected chi connectivity index (χ2v) is 4.61. The Morgan fingerprint density at radius 3 is 2.50 bits per heavy atom. The number of nitrogens with zero attached hydrogens (tertiary/aromatic N) is 3. The van der Waals surface area contributed by atoms with Crippen molar-refractivity contribution in [2.45, 2.75) is 18.2 Å². The third-order valence-corrected chi connectivity index (χ3v) is 3.15. The van der Waals surface area contributed by atoms with Crippen molar-refractivity contribution in [2.24, 2.45) is 0 Å². The number of hydrogen-bond donors (Lipinski definition) is 0. The highest BCUT2D eigenvalue weighted by Crippen LogP contribution is 2.15. The second kappa shape index (κ2) is 7.44. The monoisotopic (exact) mass is 345 g/mol. The van der Waals surface area contributed by atoms with Crippen LogP contribution in [0.15, 0.2) is 30.3 Å². The summed E-state index contributed by atoms with van der Waals surface area (Å²) in [5, 5.41) is 8.75. The smallest absolute Gasteiger partial charge is 0.261 e. The van der Waals surface area contributed by atoms with Gasteiger partial charge in [0.15, 0.2) is 0 Å². The number of hydrogen-bond acceptors (Lipinski definition) is 3. The Morgan fingerprint density at radius 2 is 1.85 bits per heavy atom. The van der Waals surface area contributed by atoms with E-state index in [2.05, 4.69) is 26.1 Å². The van der Waals surface area contributed by atoms with Gasteiger partial charge in [-0.05, 0) is 12.1 Å². The number of para-hydroxylation sites is 1. The quantitative estimate of drug-likeness (QED) is 0.572.